The van der Waals surface area contributed by atoms with E-state index in [-0.39, 0.29) is 17.4 Å². The van der Waals surface area contributed by atoms with E-state index < -0.39 is 5.97 Å². The lowest BCUT2D eigenvalue weighted by Crippen LogP contribution is -2.28. The van der Waals surface area contributed by atoms with Crippen LogP contribution in [0.15, 0.2) is 16.5 Å². The van der Waals surface area contributed by atoms with Crippen LogP contribution in [-0.4, -0.2) is 23.5 Å². The van der Waals surface area contributed by atoms with E-state index in [1.165, 1.54) is 12.1 Å². The summed E-state index contributed by atoms with van der Waals surface area (Å²) in [6, 6.07) is 2.64. The second kappa shape index (κ2) is 6.08. The lowest BCUT2D eigenvalue weighted by atomic mass is 10.0. The van der Waals surface area contributed by atoms with Gasteiger partial charge in [0, 0.05) is 6.54 Å². The molecule has 0 aliphatic rings. The van der Waals surface area contributed by atoms with Crippen LogP contribution in [0.4, 0.5) is 0 Å². The van der Waals surface area contributed by atoms with E-state index in [9.17, 15) is 9.59 Å². The number of carboxylic acids is 1. The summed E-state index contributed by atoms with van der Waals surface area (Å²) in [6.07, 6.45) is 1.99. The quantitative estimate of drug-likeness (QED) is 0.797. The molecule has 2 N–H and O–H groups in total. The smallest absolute Gasteiger partial charge is 0.371 e. The maximum Gasteiger partial charge on any atom is 0.371 e. The number of aromatic carboxylic acids is 1. The van der Waals surface area contributed by atoms with Gasteiger partial charge in [-0.15, -0.1) is 0 Å². The fraction of sp³-hybridized carbons (Fsp3) is 0.500. The molecule has 0 atom stereocenters. The fourth-order valence-corrected chi connectivity index (χ4v) is 1.48. The first-order chi connectivity index (χ1) is 8.08. The molecule has 0 aliphatic carbocycles. The molecule has 1 aromatic heterocycles. The summed E-state index contributed by atoms with van der Waals surface area (Å²) in [4.78, 5) is 22.2. The molecule has 0 aliphatic heterocycles. The first-order valence-electron chi connectivity index (χ1n) is 5.69. The van der Waals surface area contributed by atoms with Gasteiger partial charge in [-0.25, -0.2) is 4.79 Å². The lowest BCUT2D eigenvalue weighted by molar-refractivity contribution is 0.0659. The molecule has 0 bridgehead atoms. The summed E-state index contributed by atoms with van der Waals surface area (Å²) in [5, 5.41) is 11.4. The maximum atomic E-state index is 11.6. The largest absolute Gasteiger partial charge is 0.475 e. The molecular formula is C12H17NO4. The van der Waals surface area contributed by atoms with E-state index >= 15 is 0 Å². The first kappa shape index (κ1) is 13.3. The molecule has 0 radical (unpaired) electrons. The molecule has 0 saturated heterocycles. The van der Waals surface area contributed by atoms with Gasteiger partial charge in [0.15, 0.2) is 5.76 Å². The van der Waals surface area contributed by atoms with Crippen molar-refractivity contribution in [1.82, 2.24) is 5.32 Å². The Morgan fingerprint density at radius 2 is 1.88 bits per heavy atom. The van der Waals surface area contributed by atoms with E-state index in [0.717, 1.165) is 12.8 Å². The number of amides is 1. The molecule has 0 saturated carbocycles. The van der Waals surface area contributed by atoms with Crippen molar-refractivity contribution in [3.8, 4) is 0 Å². The molecule has 0 fully saturated rings. The van der Waals surface area contributed by atoms with Gasteiger partial charge in [0.2, 0.25) is 5.76 Å². The van der Waals surface area contributed by atoms with Crippen LogP contribution in [0.2, 0.25) is 0 Å². The molecule has 5 nitrogen and oxygen atoms in total. The molecule has 5 heteroatoms. The first-order valence-corrected chi connectivity index (χ1v) is 5.69. The number of carboxylic acid groups (broad SMARTS) is 1. The zero-order valence-electron chi connectivity index (χ0n) is 10.0. The third-order valence-electron chi connectivity index (χ3n) is 2.75. The number of furan rings is 1. The minimum Gasteiger partial charge on any atom is -0.475 e. The predicted molar refractivity (Wildman–Crippen MR) is 62.1 cm³/mol. The Balaban J connectivity index is 2.54. The van der Waals surface area contributed by atoms with Crippen molar-refractivity contribution in [3.63, 3.8) is 0 Å². The van der Waals surface area contributed by atoms with Crippen LogP contribution in [0, 0.1) is 5.92 Å². The highest BCUT2D eigenvalue weighted by molar-refractivity contribution is 5.93. The molecule has 1 rings (SSSR count). The summed E-state index contributed by atoms with van der Waals surface area (Å²) in [7, 11) is 0. The SMILES string of the molecule is CCC(CC)CNC(=O)c1ccc(C(=O)O)o1. The van der Waals surface area contributed by atoms with Gasteiger partial charge in [0.25, 0.3) is 5.91 Å². The van der Waals surface area contributed by atoms with Crippen molar-refractivity contribution in [3.05, 3.63) is 23.7 Å². The Labute approximate surface area is 99.8 Å². The Morgan fingerprint density at radius 1 is 1.29 bits per heavy atom. The second-order valence-corrected chi connectivity index (χ2v) is 3.86. The fourth-order valence-electron chi connectivity index (χ4n) is 1.48. The van der Waals surface area contributed by atoms with Crippen molar-refractivity contribution < 1.29 is 19.1 Å². The summed E-state index contributed by atoms with van der Waals surface area (Å²) >= 11 is 0. The Hall–Kier alpha value is -1.78. The molecule has 0 unspecified atom stereocenters. The van der Waals surface area contributed by atoms with Crippen LogP contribution in [0.25, 0.3) is 0 Å². The van der Waals surface area contributed by atoms with Crippen LogP contribution in [0.5, 0.6) is 0 Å². The van der Waals surface area contributed by atoms with Gasteiger partial charge in [-0.3, -0.25) is 4.79 Å². The van der Waals surface area contributed by atoms with Crippen molar-refractivity contribution in [1.29, 1.82) is 0 Å². The molecule has 0 aromatic carbocycles. The molecule has 1 aromatic rings. The zero-order valence-corrected chi connectivity index (χ0v) is 10.0. The van der Waals surface area contributed by atoms with Gasteiger partial charge in [0.1, 0.15) is 0 Å². The van der Waals surface area contributed by atoms with E-state index in [2.05, 4.69) is 19.2 Å². The molecule has 1 amide bonds. The Kier molecular flexibility index (Phi) is 4.75. The number of hydrogen-bond donors (Lipinski definition) is 2. The summed E-state index contributed by atoms with van der Waals surface area (Å²) in [5.74, 6) is -1.30. The monoisotopic (exact) mass is 239 g/mol. The summed E-state index contributed by atoms with van der Waals surface area (Å²) < 4.78 is 4.89. The normalized spacial score (nSPS) is 10.5. The molecule has 1 heterocycles. The van der Waals surface area contributed by atoms with Crippen LogP contribution in [0.1, 0.15) is 47.8 Å². The summed E-state index contributed by atoms with van der Waals surface area (Å²) in [6.45, 7) is 4.71. The average Bonchev–Trinajstić information content (AvgIpc) is 2.79. The van der Waals surface area contributed by atoms with Crippen LogP contribution < -0.4 is 5.32 Å². The van der Waals surface area contributed by atoms with Gasteiger partial charge >= 0.3 is 5.97 Å². The van der Waals surface area contributed by atoms with Gasteiger partial charge in [-0.2, -0.15) is 0 Å². The maximum absolute atomic E-state index is 11.6. The van der Waals surface area contributed by atoms with E-state index in [1.807, 2.05) is 0 Å². The van der Waals surface area contributed by atoms with E-state index in [1.54, 1.807) is 0 Å². The number of carbonyl (C=O) groups is 2. The highest BCUT2D eigenvalue weighted by Gasteiger charge is 2.15. The predicted octanol–water partition coefficient (Wildman–Crippen LogP) is 2.14. The van der Waals surface area contributed by atoms with Crippen molar-refractivity contribution >= 4 is 11.9 Å². The molecule has 0 spiro atoms. The summed E-state index contributed by atoms with van der Waals surface area (Å²) in [5.41, 5.74) is 0. The van der Waals surface area contributed by atoms with Crippen LogP contribution in [0.3, 0.4) is 0 Å². The zero-order chi connectivity index (χ0) is 12.8. The minimum atomic E-state index is -1.18. The lowest BCUT2D eigenvalue weighted by Gasteiger charge is -2.12. The van der Waals surface area contributed by atoms with E-state index in [0.29, 0.717) is 12.5 Å². The Bertz CT molecular complexity index is 393. The van der Waals surface area contributed by atoms with Gasteiger partial charge in [-0.05, 0) is 18.1 Å². The number of rotatable bonds is 6. The molecule has 17 heavy (non-hydrogen) atoms. The highest BCUT2D eigenvalue weighted by atomic mass is 16.4. The molecular weight excluding hydrogens is 222 g/mol. The van der Waals surface area contributed by atoms with Gasteiger partial charge in [-0.1, -0.05) is 26.7 Å². The van der Waals surface area contributed by atoms with Gasteiger partial charge in [0.05, 0.1) is 0 Å². The van der Waals surface area contributed by atoms with Crippen molar-refractivity contribution in [2.75, 3.05) is 6.54 Å². The van der Waals surface area contributed by atoms with Crippen molar-refractivity contribution in [2.45, 2.75) is 26.7 Å². The average molecular weight is 239 g/mol. The minimum absolute atomic E-state index is 0.0355. The standard InChI is InChI=1S/C12H17NO4/c1-3-8(4-2)7-13-11(14)9-5-6-10(17-9)12(15)16/h5-6,8H,3-4,7H2,1-2H3,(H,13,14)(H,15,16). The number of hydrogen-bond acceptors (Lipinski definition) is 3. The van der Waals surface area contributed by atoms with Crippen molar-refractivity contribution in [2.24, 2.45) is 5.92 Å². The number of nitrogens with one attached hydrogen (secondary N) is 1. The van der Waals surface area contributed by atoms with Gasteiger partial charge < -0.3 is 14.8 Å². The Morgan fingerprint density at radius 3 is 2.35 bits per heavy atom. The molecule has 94 valence electrons. The van der Waals surface area contributed by atoms with E-state index in [4.69, 9.17) is 9.52 Å². The highest BCUT2D eigenvalue weighted by Crippen LogP contribution is 2.09. The topological polar surface area (TPSA) is 79.5 Å². The number of carbonyl (C=O) groups excluding carboxylic acids is 1. The van der Waals surface area contributed by atoms with Crippen LogP contribution in [-0.2, 0) is 0 Å². The van der Waals surface area contributed by atoms with Crippen LogP contribution >= 0.6 is 0 Å². The third kappa shape index (κ3) is 3.62. The second-order valence-electron chi connectivity index (χ2n) is 3.86. The third-order valence-corrected chi connectivity index (χ3v) is 2.75.